The van der Waals surface area contributed by atoms with Crippen LogP contribution in [-0.2, 0) is 10.0 Å². The fraction of sp³-hybridized carbons (Fsp3) is 0.533. The van der Waals surface area contributed by atoms with E-state index in [4.69, 9.17) is 9.47 Å². The van der Waals surface area contributed by atoms with Gasteiger partial charge in [0.05, 0.1) is 20.0 Å². The average molecular weight is 342 g/mol. The molecule has 1 amide bonds. The van der Waals surface area contributed by atoms with Crippen molar-refractivity contribution >= 4 is 15.9 Å². The van der Waals surface area contributed by atoms with E-state index in [1.165, 1.54) is 17.7 Å². The zero-order chi connectivity index (χ0) is 17.0. The number of sulfonamides is 1. The van der Waals surface area contributed by atoms with Crippen LogP contribution in [-0.4, -0.2) is 69.7 Å². The van der Waals surface area contributed by atoms with Crippen LogP contribution < -0.4 is 9.47 Å². The maximum absolute atomic E-state index is 12.6. The van der Waals surface area contributed by atoms with Gasteiger partial charge >= 0.3 is 0 Å². The topological polar surface area (TPSA) is 76.2 Å². The first kappa shape index (κ1) is 17.6. The van der Waals surface area contributed by atoms with E-state index < -0.39 is 10.0 Å². The Kier molecular flexibility index (Phi) is 5.48. The number of hydrogen-bond acceptors (Lipinski definition) is 5. The van der Waals surface area contributed by atoms with Crippen molar-refractivity contribution in [3.63, 3.8) is 0 Å². The minimum absolute atomic E-state index is 0.139. The Labute approximate surface area is 136 Å². The molecule has 1 aromatic rings. The van der Waals surface area contributed by atoms with Gasteiger partial charge < -0.3 is 14.4 Å². The summed E-state index contributed by atoms with van der Waals surface area (Å²) in [6.45, 7) is 3.78. The predicted molar refractivity (Wildman–Crippen MR) is 86.5 cm³/mol. The summed E-state index contributed by atoms with van der Waals surface area (Å²) in [6, 6.07) is 5.05. The van der Waals surface area contributed by atoms with Gasteiger partial charge in [0.2, 0.25) is 10.0 Å². The summed E-state index contributed by atoms with van der Waals surface area (Å²) in [7, 11) is -1.68. The van der Waals surface area contributed by atoms with Gasteiger partial charge in [-0.1, -0.05) is 0 Å². The molecule has 0 radical (unpaired) electrons. The number of amides is 1. The highest BCUT2D eigenvalue weighted by atomic mass is 32.2. The van der Waals surface area contributed by atoms with Gasteiger partial charge in [0.25, 0.3) is 5.91 Å². The molecule has 0 unspecified atom stereocenters. The lowest BCUT2D eigenvalue weighted by Crippen LogP contribution is -2.50. The standard InChI is InChI=1S/C15H22N2O5S/c1-4-22-13-6-5-12(11-14(13)21-2)15(18)16-7-9-17(10-8-16)23(3,19)20/h5-6,11H,4,7-10H2,1-3H3. The molecule has 0 spiro atoms. The summed E-state index contributed by atoms with van der Waals surface area (Å²) >= 11 is 0. The van der Waals surface area contributed by atoms with Crippen molar-refractivity contribution in [3.05, 3.63) is 23.8 Å². The Hall–Kier alpha value is -1.80. The second-order valence-electron chi connectivity index (χ2n) is 5.25. The van der Waals surface area contributed by atoms with Crippen LogP contribution in [0.2, 0.25) is 0 Å². The molecule has 0 N–H and O–H groups in total. The van der Waals surface area contributed by atoms with Gasteiger partial charge in [-0.05, 0) is 25.1 Å². The number of piperazine rings is 1. The maximum atomic E-state index is 12.6. The summed E-state index contributed by atoms with van der Waals surface area (Å²) < 4.78 is 35.1. The van der Waals surface area contributed by atoms with Crippen molar-refractivity contribution in [2.24, 2.45) is 0 Å². The van der Waals surface area contributed by atoms with Gasteiger partial charge in [-0.25, -0.2) is 8.42 Å². The molecule has 0 bridgehead atoms. The molecule has 1 aliphatic heterocycles. The first-order valence-electron chi connectivity index (χ1n) is 7.42. The molecule has 7 nitrogen and oxygen atoms in total. The minimum atomic E-state index is -3.20. The SMILES string of the molecule is CCOc1ccc(C(=O)N2CCN(S(C)(=O)=O)CC2)cc1OC. The Balaban J connectivity index is 2.09. The molecular formula is C15H22N2O5S. The first-order chi connectivity index (χ1) is 10.9. The van der Waals surface area contributed by atoms with Gasteiger partial charge in [0.15, 0.2) is 11.5 Å². The lowest BCUT2D eigenvalue weighted by Gasteiger charge is -2.33. The Morgan fingerprint density at radius 2 is 1.83 bits per heavy atom. The van der Waals surface area contributed by atoms with E-state index in [1.807, 2.05) is 6.92 Å². The minimum Gasteiger partial charge on any atom is -0.493 e. The summed E-state index contributed by atoms with van der Waals surface area (Å²) in [4.78, 5) is 14.2. The number of nitrogens with zero attached hydrogens (tertiary/aromatic N) is 2. The van der Waals surface area contributed by atoms with Crippen LogP contribution in [0.1, 0.15) is 17.3 Å². The summed E-state index contributed by atoms with van der Waals surface area (Å²) in [5.74, 6) is 0.959. The lowest BCUT2D eigenvalue weighted by atomic mass is 10.1. The smallest absolute Gasteiger partial charge is 0.254 e. The Bertz CT molecular complexity index is 666. The van der Waals surface area contributed by atoms with E-state index in [0.29, 0.717) is 49.8 Å². The second-order valence-corrected chi connectivity index (χ2v) is 7.24. The zero-order valence-electron chi connectivity index (χ0n) is 13.6. The monoisotopic (exact) mass is 342 g/mol. The van der Waals surface area contributed by atoms with Gasteiger partial charge in [0, 0.05) is 31.7 Å². The third-order valence-corrected chi connectivity index (χ3v) is 5.01. The first-order valence-corrected chi connectivity index (χ1v) is 9.27. The number of rotatable bonds is 5. The van der Waals surface area contributed by atoms with Crippen molar-refractivity contribution < 1.29 is 22.7 Å². The molecule has 128 valence electrons. The van der Waals surface area contributed by atoms with Crippen LogP contribution in [0.25, 0.3) is 0 Å². The van der Waals surface area contributed by atoms with Gasteiger partial charge in [-0.3, -0.25) is 4.79 Å². The molecule has 23 heavy (non-hydrogen) atoms. The van der Waals surface area contributed by atoms with Crippen LogP contribution >= 0.6 is 0 Å². The predicted octanol–water partition coefficient (Wildman–Crippen LogP) is 0.811. The van der Waals surface area contributed by atoms with E-state index in [2.05, 4.69) is 0 Å². The molecule has 0 saturated carbocycles. The third kappa shape index (κ3) is 4.14. The Morgan fingerprint density at radius 3 is 2.35 bits per heavy atom. The summed E-state index contributed by atoms with van der Waals surface area (Å²) in [5.41, 5.74) is 0.498. The van der Waals surface area contributed by atoms with E-state index in [9.17, 15) is 13.2 Å². The van der Waals surface area contributed by atoms with Gasteiger partial charge in [-0.2, -0.15) is 4.31 Å². The molecule has 1 fully saturated rings. The maximum Gasteiger partial charge on any atom is 0.254 e. The van der Waals surface area contributed by atoms with E-state index in [-0.39, 0.29) is 5.91 Å². The van der Waals surface area contributed by atoms with Crippen LogP contribution in [0.3, 0.4) is 0 Å². The molecule has 1 heterocycles. The fourth-order valence-electron chi connectivity index (χ4n) is 2.48. The molecule has 0 atom stereocenters. The van der Waals surface area contributed by atoms with E-state index >= 15 is 0 Å². The van der Waals surface area contributed by atoms with E-state index in [0.717, 1.165) is 0 Å². The van der Waals surface area contributed by atoms with Crippen molar-refractivity contribution in [2.45, 2.75) is 6.92 Å². The summed E-state index contributed by atoms with van der Waals surface area (Å²) in [5, 5.41) is 0. The zero-order valence-corrected chi connectivity index (χ0v) is 14.4. The number of methoxy groups -OCH3 is 1. The third-order valence-electron chi connectivity index (χ3n) is 3.71. The highest BCUT2D eigenvalue weighted by molar-refractivity contribution is 7.88. The average Bonchev–Trinajstić information content (AvgIpc) is 2.54. The fourth-order valence-corrected chi connectivity index (χ4v) is 3.31. The van der Waals surface area contributed by atoms with E-state index in [1.54, 1.807) is 23.1 Å². The molecule has 0 aliphatic carbocycles. The van der Waals surface area contributed by atoms with Crippen molar-refractivity contribution in [2.75, 3.05) is 46.2 Å². The molecule has 1 aromatic carbocycles. The van der Waals surface area contributed by atoms with Crippen molar-refractivity contribution in [3.8, 4) is 11.5 Å². The van der Waals surface area contributed by atoms with Crippen LogP contribution in [0, 0.1) is 0 Å². The van der Waals surface area contributed by atoms with Gasteiger partial charge in [0.1, 0.15) is 0 Å². The molecule has 1 saturated heterocycles. The van der Waals surface area contributed by atoms with Crippen LogP contribution in [0.15, 0.2) is 18.2 Å². The molecule has 0 aromatic heterocycles. The highest BCUT2D eigenvalue weighted by Crippen LogP contribution is 2.28. The number of carbonyl (C=O) groups is 1. The highest BCUT2D eigenvalue weighted by Gasteiger charge is 2.27. The normalized spacial score (nSPS) is 16.2. The van der Waals surface area contributed by atoms with Crippen molar-refractivity contribution in [1.82, 2.24) is 9.21 Å². The molecule has 8 heteroatoms. The van der Waals surface area contributed by atoms with Crippen LogP contribution in [0.5, 0.6) is 11.5 Å². The largest absolute Gasteiger partial charge is 0.493 e. The number of benzene rings is 1. The Morgan fingerprint density at radius 1 is 1.17 bits per heavy atom. The summed E-state index contributed by atoms with van der Waals surface area (Å²) in [6.07, 6.45) is 1.18. The number of ether oxygens (including phenoxy) is 2. The second kappa shape index (κ2) is 7.18. The molecule has 2 rings (SSSR count). The van der Waals surface area contributed by atoms with Gasteiger partial charge in [-0.15, -0.1) is 0 Å². The number of hydrogen-bond donors (Lipinski definition) is 0. The van der Waals surface area contributed by atoms with Crippen LogP contribution in [0.4, 0.5) is 0 Å². The molecular weight excluding hydrogens is 320 g/mol. The lowest BCUT2D eigenvalue weighted by molar-refractivity contribution is 0.0698. The quantitative estimate of drug-likeness (QED) is 0.791. The van der Waals surface area contributed by atoms with Crippen molar-refractivity contribution in [1.29, 1.82) is 0 Å². The molecule has 1 aliphatic rings. The number of carbonyl (C=O) groups excluding carboxylic acids is 1.